The predicted octanol–water partition coefficient (Wildman–Crippen LogP) is 0.846. The number of carbonyl (C=O) groups excluding carboxylic acids is 1. The highest BCUT2D eigenvalue weighted by molar-refractivity contribution is 9.10. The summed E-state index contributed by atoms with van der Waals surface area (Å²) in [6.07, 6.45) is 0. The second-order valence-electron chi connectivity index (χ2n) is 2.85. The maximum absolute atomic E-state index is 11.4. The van der Waals surface area contributed by atoms with Gasteiger partial charge in [0.1, 0.15) is 6.54 Å². The van der Waals surface area contributed by atoms with Crippen LogP contribution in [0.5, 0.6) is 0 Å². The highest BCUT2D eigenvalue weighted by Crippen LogP contribution is 2.16. The molecular weight excluding hydrogens is 264 g/mol. The molecule has 0 bridgehead atoms. The van der Waals surface area contributed by atoms with Gasteiger partial charge in [0.2, 0.25) is 0 Å². The van der Waals surface area contributed by atoms with Crippen LogP contribution in [0.1, 0.15) is 10.4 Å². The number of carboxylic acid groups (broad SMARTS) is 1. The first kappa shape index (κ1) is 11.5. The van der Waals surface area contributed by atoms with Crippen molar-refractivity contribution in [1.82, 2.24) is 5.32 Å². The fraction of sp³-hybridized carbons (Fsp3) is 0.111. The van der Waals surface area contributed by atoms with E-state index < -0.39 is 18.4 Å². The van der Waals surface area contributed by atoms with Crippen molar-refractivity contribution in [3.63, 3.8) is 0 Å². The molecule has 0 fully saturated rings. The number of nitrogens with one attached hydrogen (secondary N) is 1. The average Bonchev–Trinajstić information content (AvgIpc) is 2.12. The number of rotatable bonds is 3. The Morgan fingerprint density at radius 1 is 1.40 bits per heavy atom. The summed E-state index contributed by atoms with van der Waals surface area (Å²) >= 11 is 3.18. The molecule has 0 aromatic heterocycles. The van der Waals surface area contributed by atoms with Gasteiger partial charge in [0.15, 0.2) is 0 Å². The molecule has 0 unspecified atom stereocenters. The molecule has 0 radical (unpaired) electrons. The van der Waals surface area contributed by atoms with Crippen LogP contribution in [0, 0.1) is 0 Å². The van der Waals surface area contributed by atoms with Crippen LogP contribution in [-0.2, 0) is 4.79 Å². The summed E-state index contributed by atoms with van der Waals surface area (Å²) in [4.78, 5) is 21.6. The van der Waals surface area contributed by atoms with E-state index in [1.807, 2.05) is 0 Å². The van der Waals surface area contributed by atoms with Crippen LogP contribution in [0.3, 0.4) is 0 Å². The van der Waals surface area contributed by atoms with Gasteiger partial charge in [-0.3, -0.25) is 9.59 Å². The van der Waals surface area contributed by atoms with Gasteiger partial charge in [-0.15, -0.1) is 0 Å². The number of benzene rings is 1. The fourth-order valence-electron chi connectivity index (χ4n) is 1.00. The molecule has 0 aliphatic rings. The van der Waals surface area contributed by atoms with E-state index in [0.717, 1.165) is 0 Å². The molecule has 0 aliphatic carbocycles. The molecule has 6 heteroatoms. The van der Waals surface area contributed by atoms with Gasteiger partial charge in [-0.1, -0.05) is 15.9 Å². The van der Waals surface area contributed by atoms with Crippen LogP contribution in [0.4, 0.5) is 5.69 Å². The maximum atomic E-state index is 11.4. The van der Waals surface area contributed by atoms with Gasteiger partial charge < -0.3 is 16.2 Å². The topological polar surface area (TPSA) is 92.4 Å². The van der Waals surface area contributed by atoms with Crippen LogP contribution in [0.15, 0.2) is 22.7 Å². The van der Waals surface area contributed by atoms with Crippen molar-refractivity contribution in [2.24, 2.45) is 0 Å². The van der Waals surface area contributed by atoms with E-state index in [9.17, 15) is 9.59 Å². The van der Waals surface area contributed by atoms with E-state index in [4.69, 9.17) is 10.8 Å². The summed E-state index contributed by atoms with van der Waals surface area (Å²) in [6.45, 7) is -0.411. The van der Waals surface area contributed by atoms with Gasteiger partial charge in [-0.05, 0) is 18.2 Å². The summed E-state index contributed by atoms with van der Waals surface area (Å²) < 4.78 is 0.669. The minimum absolute atomic E-state index is 0.322. The normalized spacial score (nSPS) is 9.67. The SMILES string of the molecule is Nc1cc(Br)cc(C(=O)NCC(=O)O)c1. The first-order valence-corrected chi connectivity index (χ1v) is 4.84. The third kappa shape index (κ3) is 3.59. The molecule has 0 heterocycles. The van der Waals surface area contributed by atoms with Crippen LogP contribution in [0.25, 0.3) is 0 Å². The Labute approximate surface area is 94.4 Å². The number of carbonyl (C=O) groups is 2. The number of anilines is 1. The zero-order valence-electron chi connectivity index (χ0n) is 7.66. The van der Waals surface area contributed by atoms with Crippen molar-refractivity contribution >= 4 is 33.5 Å². The van der Waals surface area contributed by atoms with Crippen molar-refractivity contribution in [2.75, 3.05) is 12.3 Å². The Morgan fingerprint density at radius 3 is 2.60 bits per heavy atom. The number of nitrogens with two attached hydrogens (primary N) is 1. The zero-order chi connectivity index (χ0) is 11.4. The number of hydrogen-bond acceptors (Lipinski definition) is 3. The summed E-state index contributed by atoms with van der Waals surface area (Å²) in [7, 11) is 0. The Morgan fingerprint density at radius 2 is 2.07 bits per heavy atom. The Kier molecular flexibility index (Phi) is 3.68. The molecule has 0 saturated carbocycles. The van der Waals surface area contributed by atoms with Gasteiger partial charge in [0.05, 0.1) is 0 Å². The van der Waals surface area contributed by atoms with Crippen LogP contribution in [0.2, 0.25) is 0 Å². The predicted molar refractivity (Wildman–Crippen MR) is 58.5 cm³/mol. The molecule has 1 aromatic rings. The van der Waals surface area contributed by atoms with Crippen molar-refractivity contribution in [2.45, 2.75) is 0 Å². The Balaban J connectivity index is 2.77. The number of halogens is 1. The lowest BCUT2D eigenvalue weighted by molar-refractivity contribution is -0.135. The smallest absolute Gasteiger partial charge is 0.322 e. The lowest BCUT2D eigenvalue weighted by atomic mass is 10.2. The molecule has 0 saturated heterocycles. The third-order valence-corrected chi connectivity index (χ3v) is 2.04. The van der Waals surface area contributed by atoms with E-state index in [-0.39, 0.29) is 0 Å². The van der Waals surface area contributed by atoms with Gasteiger partial charge in [-0.25, -0.2) is 0 Å². The molecule has 80 valence electrons. The monoisotopic (exact) mass is 272 g/mol. The number of aliphatic carboxylic acids is 1. The van der Waals surface area contributed by atoms with Crippen LogP contribution < -0.4 is 11.1 Å². The second-order valence-corrected chi connectivity index (χ2v) is 3.77. The molecular formula is C9H9BrN2O3. The van der Waals surface area contributed by atoms with Gasteiger partial charge in [-0.2, -0.15) is 0 Å². The standard InChI is InChI=1S/C9H9BrN2O3/c10-6-1-5(2-7(11)3-6)9(15)12-4-8(13)14/h1-3H,4,11H2,(H,12,15)(H,13,14). The summed E-state index contributed by atoms with van der Waals surface area (Å²) in [5, 5.41) is 10.6. The lowest BCUT2D eigenvalue weighted by Gasteiger charge is -2.04. The molecule has 1 amide bonds. The fourth-order valence-corrected chi connectivity index (χ4v) is 1.51. The molecule has 15 heavy (non-hydrogen) atoms. The van der Waals surface area contributed by atoms with Crippen LogP contribution >= 0.6 is 15.9 Å². The van der Waals surface area contributed by atoms with E-state index >= 15 is 0 Å². The van der Waals surface area contributed by atoms with Crippen molar-refractivity contribution < 1.29 is 14.7 Å². The minimum atomic E-state index is -1.09. The van der Waals surface area contributed by atoms with Gasteiger partial charge in [0, 0.05) is 15.7 Å². The highest BCUT2D eigenvalue weighted by Gasteiger charge is 2.08. The Hall–Kier alpha value is -1.56. The van der Waals surface area contributed by atoms with E-state index in [1.54, 1.807) is 12.1 Å². The zero-order valence-corrected chi connectivity index (χ0v) is 9.24. The molecule has 4 N–H and O–H groups in total. The Bertz CT molecular complexity index is 386. The number of amides is 1. The first-order chi connectivity index (χ1) is 6.99. The van der Waals surface area contributed by atoms with Crippen LogP contribution in [-0.4, -0.2) is 23.5 Å². The summed E-state index contributed by atoms with van der Waals surface area (Å²) in [6, 6.07) is 4.68. The average molecular weight is 273 g/mol. The lowest BCUT2D eigenvalue weighted by Crippen LogP contribution is -2.29. The third-order valence-electron chi connectivity index (χ3n) is 1.58. The summed E-state index contributed by atoms with van der Waals surface area (Å²) in [5.41, 5.74) is 6.28. The molecule has 0 aliphatic heterocycles. The van der Waals surface area contributed by atoms with Crippen molar-refractivity contribution in [3.05, 3.63) is 28.2 Å². The van der Waals surface area contributed by atoms with Crippen molar-refractivity contribution in [1.29, 1.82) is 0 Å². The second kappa shape index (κ2) is 4.79. The number of nitrogen functional groups attached to an aromatic ring is 1. The number of carboxylic acids is 1. The van der Waals surface area contributed by atoms with Gasteiger partial charge >= 0.3 is 5.97 Å². The number of hydrogen-bond donors (Lipinski definition) is 3. The molecule has 1 rings (SSSR count). The van der Waals surface area contributed by atoms with Gasteiger partial charge in [0.25, 0.3) is 5.91 Å². The van der Waals surface area contributed by atoms with E-state index in [2.05, 4.69) is 21.2 Å². The highest BCUT2D eigenvalue weighted by atomic mass is 79.9. The molecule has 0 spiro atoms. The molecule has 1 aromatic carbocycles. The quantitative estimate of drug-likeness (QED) is 0.712. The minimum Gasteiger partial charge on any atom is -0.480 e. The maximum Gasteiger partial charge on any atom is 0.322 e. The molecule has 0 atom stereocenters. The first-order valence-electron chi connectivity index (χ1n) is 4.05. The summed E-state index contributed by atoms with van der Waals surface area (Å²) in [5.74, 6) is -1.56. The van der Waals surface area contributed by atoms with Crippen molar-refractivity contribution in [3.8, 4) is 0 Å². The van der Waals surface area contributed by atoms with E-state index in [1.165, 1.54) is 6.07 Å². The molecule has 5 nitrogen and oxygen atoms in total. The van der Waals surface area contributed by atoms with E-state index in [0.29, 0.717) is 15.7 Å². The largest absolute Gasteiger partial charge is 0.480 e.